The maximum Gasteiger partial charge on any atom is 0.267 e. The van der Waals surface area contributed by atoms with E-state index in [1.807, 2.05) is 19.1 Å². The first-order valence-corrected chi connectivity index (χ1v) is 7.93. The van der Waals surface area contributed by atoms with Crippen LogP contribution >= 0.6 is 0 Å². The van der Waals surface area contributed by atoms with Gasteiger partial charge in [0, 0.05) is 23.7 Å². The van der Waals surface area contributed by atoms with Crippen LogP contribution in [0.1, 0.15) is 36.2 Å². The first-order chi connectivity index (χ1) is 11.2. The largest absolute Gasteiger partial charge is 0.377 e. The van der Waals surface area contributed by atoms with Crippen LogP contribution in [-0.2, 0) is 4.74 Å². The van der Waals surface area contributed by atoms with E-state index in [0.717, 1.165) is 30.0 Å². The van der Waals surface area contributed by atoms with Crippen molar-refractivity contribution in [1.82, 2.24) is 19.7 Å². The predicted octanol–water partition coefficient (Wildman–Crippen LogP) is 1.27. The molecule has 1 aliphatic carbocycles. The molecule has 1 N–H and O–H groups in total. The number of nitrogens with one attached hydrogen (secondary N) is 1. The Bertz CT molecular complexity index is 771. The van der Waals surface area contributed by atoms with Crippen LogP contribution in [-0.4, -0.2) is 39.0 Å². The fourth-order valence-electron chi connectivity index (χ4n) is 2.92. The van der Waals surface area contributed by atoms with Crippen molar-refractivity contribution in [3.05, 3.63) is 46.3 Å². The van der Waals surface area contributed by atoms with Crippen LogP contribution in [0.15, 0.2) is 29.3 Å². The topological polar surface area (TPSA) is 81.9 Å². The normalized spacial score (nSPS) is 23.9. The minimum absolute atomic E-state index is 0.0380. The lowest BCUT2D eigenvalue weighted by Gasteiger charge is -2.21. The molecule has 1 aliphatic heterocycles. The Hall–Kier alpha value is -2.28. The highest BCUT2D eigenvalue weighted by Crippen LogP contribution is 2.38. The van der Waals surface area contributed by atoms with Crippen LogP contribution in [0, 0.1) is 6.92 Å². The standard InChI is InChI=1S/C16H19N5O2/c1-10-6-15(18-9-17-10)19-13-7-23-8-14(13)21-16(22)5-4-12(20-21)11-2-3-11/h4-6,9,11,13-14H,2-3,7-8H2,1H3,(H,17,18,19). The van der Waals surface area contributed by atoms with Gasteiger partial charge < -0.3 is 10.1 Å². The molecule has 2 aromatic heterocycles. The number of aromatic nitrogens is 4. The summed E-state index contributed by atoms with van der Waals surface area (Å²) in [4.78, 5) is 20.6. The molecule has 4 rings (SSSR count). The van der Waals surface area contributed by atoms with Crippen molar-refractivity contribution in [1.29, 1.82) is 0 Å². The van der Waals surface area contributed by atoms with E-state index in [1.165, 1.54) is 6.33 Å². The fourth-order valence-corrected chi connectivity index (χ4v) is 2.92. The fraction of sp³-hybridized carbons (Fsp3) is 0.500. The molecule has 2 unspecified atom stereocenters. The van der Waals surface area contributed by atoms with Crippen LogP contribution in [0.5, 0.6) is 0 Å². The molecule has 0 bridgehead atoms. The van der Waals surface area contributed by atoms with Gasteiger partial charge in [-0.1, -0.05) is 0 Å². The van der Waals surface area contributed by atoms with Crippen molar-refractivity contribution < 1.29 is 4.74 Å². The second-order valence-corrected chi connectivity index (χ2v) is 6.22. The number of rotatable bonds is 4. The third kappa shape index (κ3) is 2.96. The van der Waals surface area contributed by atoms with Gasteiger partial charge in [-0.25, -0.2) is 14.6 Å². The Morgan fingerprint density at radius 2 is 2.13 bits per heavy atom. The summed E-state index contributed by atoms with van der Waals surface area (Å²) >= 11 is 0. The lowest BCUT2D eigenvalue weighted by molar-refractivity contribution is 0.182. The Labute approximate surface area is 133 Å². The molecule has 7 heteroatoms. The van der Waals surface area contributed by atoms with E-state index >= 15 is 0 Å². The van der Waals surface area contributed by atoms with Gasteiger partial charge in [-0.3, -0.25) is 4.79 Å². The maximum absolute atomic E-state index is 12.2. The predicted molar refractivity (Wildman–Crippen MR) is 84.5 cm³/mol. The summed E-state index contributed by atoms with van der Waals surface area (Å²) in [6.45, 7) is 2.92. The first kappa shape index (κ1) is 14.3. The summed E-state index contributed by atoms with van der Waals surface area (Å²) in [5, 5.41) is 7.92. The van der Waals surface area contributed by atoms with E-state index in [0.29, 0.717) is 19.1 Å². The molecule has 0 amide bonds. The van der Waals surface area contributed by atoms with Gasteiger partial charge in [-0.05, 0) is 25.8 Å². The van der Waals surface area contributed by atoms with Gasteiger partial charge in [0.1, 0.15) is 18.2 Å². The summed E-state index contributed by atoms with van der Waals surface area (Å²) in [6.07, 6.45) is 3.85. The summed E-state index contributed by atoms with van der Waals surface area (Å²) in [6, 6.07) is 5.18. The van der Waals surface area contributed by atoms with Gasteiger partial charge in [-0.2, -0.15) is 5.10 Å². The van der Waals surface area contributed by atoms with Gasteiger partial charge >= 0.3 is 0 Å². The third-order valence-electron chi connectivity index (χ3n) is 4.34. The maximum atomic E-state index is 12.2. The van der Waals surface area contributed by atoms with Gasteiger partial charge in [-0.15, -0.1) is 0 Å². The van der Waals surface area contributed by atoms with Crippen molar-refractivity contribution in [2.75, 3.05) is 18.5 Å². The SMILES string of the molecule is Cc1cc(NC2COCC2n2nc(C3CC3)ccc2=O)ncn1. The highest BCUT2D eigenvalue weighted by atomic mass is 16.5. The second kappa shape index (κ2) is 5.73. The average molecular weight is 313 g/mol. The lowest BCUT2D eigenvalue weighted by Crippen LogP contribution is -2.37. The molecule has 2 aliphatic rings. The Morgan fingerprint density at radius 1 is 1.26 bits per heavy atom. The number of aryl methyl sites for hydroxylation is 1. The van der Waals surface area contributed by atoms with E-state index in [1.54, 1.807) is 10.7 Å². The summed E-state index contributed by atoms with van der Waals surface area (Å²) in [5.74, 6) is 1.25. The van der Waals surface area contributed by atoms with Crippen molar-refractivity contribution in [3.8, 4) is 0 Å². The zero-order valence-corrected chi connectivity index (χ0v) is 13.0. The summed E-state index contributed by atoms with van der Waals surface area (Å²) < 4.78 is 7.17. The van der Waals surface area contributed by atoms with Crippen LogP contribution in [0.3, 0.4) is 0 Å². The molecular weight excluding hydrogens is 294 g/mol. The highest BCUT2D eigenvalue weighted by Gasteiger charge is 2.33. The highest BCUT2D eigenvalue weighted by molar-refractivity contribution is 5.36. The Balaban J connectivity index is 1.60. The molecule has 0 aromatic carbocycles. The summed E-state index contributed by atoms with van der Waals surface area (Å²) in [7, 11) is 0. The minimum atomic E-state index is -0.128. The zero-order chi connectivity index (χ0) is 15.8. The quantitative estimate of drug-likeness (QED) is 0.915. The number of anilines is 1. The number of hydrogen-bond acceptors (Lipinski definition) is 6. The number of ether oxygens (including phenoxy) is 1. The second-order valence-electron chi connectivity index (χ2n) is 6.22. The van der Waals surface area contributed by atoms with Crippen LogP contribution < -0.4 is 10.9 Å². The smallest absolute Gasteiger partial charge is 0.267 e. The molecule has 0 radical (unpaired) electrons. The third-order valence-corrected chi connectivity index (χ3v) is 4.34. The summed E-state index contributed by atoms with van der Waals surface area (Å²) in [5.41, 5.74) is 1.81. The van der Waals surface area contributed by atoms with Crippen LogP contribution in [0.2, 0.25) is 0 Å². The van der Waals surface area contributed by atoms with E-state index in [2.05, 4.69) is 20.4 Å². The van der Waals surface area contributed by atoms with Gasteiger partial charge in [0.25, 0.3) is 5.56 Å². The molecule has 2 fully saturated rings. The molecule has 0 spiro atoms. The zero-order valence-electron chi connectivity index (χ0n) is 13.0. The van der Waals surface area contributed by atoms with Gasteiger partial charge in [0.15, 0.2) is 0 Å². The van der Waals surface area contributed by atoms with Crippen molar-refractivity contribution in [2.45, 2.75) is 37.8 Å². The molecule has 2 aromatic rings. The number of hydrogen-bond donors (Lipinski definition) is 1. The van der Waals surface area contributed by atoms with Crippen LogP contribution in [0.25, 0.3) is 0 Å². The molecule has 3 heterocycles. The lowest BCUT2D eigenvalue weighted by atomic mass is 10.1. The monoisotopic (exact) mass is 313 g/mol. The van der Waals surface area contributed by atoms with Gasteiger partial charge in [0.05, 0.1) is 24.9 Å². The molecule has 7 nitrogen and oxygen atoms in total. The van der Waals surface area contributed by atoms with E-state index in [-0.39, 0.29) is 17.6 Å². The molecule has 23 heavy (non-hydrogen) atoms. The van der Waals surface area contributed by atoms with Crippen molar-refractivity contribution in [2.24, 2.45) is 0 Å². The molecule has 1 saturated heterocycles. The Morgan fingerprint density at radius 3 is 2.91 bits per heavy atom. The van der Waals surface area contributed by atoms with E-state index in [4.69, 9.17) is 4.74 Å². The molecule has 1 saturated carbocycles. The van der Waals surface area contributed by atoms with Crippen LogP contribution in [0.4, 0.5) is 5.82 Å². The van der Waals surface area contributed by atoms with E-state index in [9.17, 15) is 4.79 Å². The minimum Gasteiger partial charge on any atom is -0.377 e. The van der Waals surface area contributed by atoms with Crippen molar-refractivity contribution in [3.63, 3.8) is 0 Å². The van der Waals surface area contributed by atoms with E-state index < -0.39 is 0 Å². The Kier molecular flexibility index (Phi) is 3.57. The van der Waals surface area contributed by atoms with Gasteiger partial charge in [0.2, 0.25) is 0 Å². The molecule has 2 atom stereocenters. The first-order valence-electron chi connectivity index (χ1n) is 7.93. The number of nitrogens with zero attached hydrogens (tertiary/aromatic N) is 4. The molecular formula is C16H19N5O2. The van der Waals surface area contributed by atoms with Crippen molar-refractivity contribution >= 4 is 5.82 Å². The average Bonchev–Trinajstić information content (AvgIpc) is 3.29. The molecule has 120 valence electrons.